The predicted molar refractivity (Wildman–Crippen MR) is 107 cm³/mol. The van der Waals surface area contributed by atoms with Crippen molar-refractivity contribution in [3.8, 4) is 5.75 Å². The SMILES string of the molecule is C[Si](C)(C)CCOCn1cnc2nc(Cl)cc(OCc3ccccc3)c21. The molecular formula is C19H24ClN3O2Si. The highest BCUT2D eigenvalue weighted by molar-refractivity contribution is 6.76. The lowest BCUT2D eigenvalue weighted by atomic mass is 10.2. The Bertz CT molecular complexity index is 862. The van der Waals surface area contributed by atoms with Gasteiger partial charge in [0.2, 0.25) is 0 Å². The number of rotatable bonds is 8. The Morgan fingerprint density at radius 2 is 1.92 bits per heavy atom. The summed E-state index contributed by atoms with van der Waals surface area (Å²) < 4.78 is 13.8. The molecule has 0 aliphatic heterocycles. The summed E-state index contributed by atoms with van der Waals surface area (Å²) in [4.78, 5) is 8.62. The molecule has 5 nitrogen and oxygen atoms in total. The zero-order valence-corrected chi connectivity index (χ0v) is 17.2. The molecule has 7 heteroatoms. The van der Waals surface area contributed by atoms with Crippen molar-refractivity contribution in [3.63, 3.8) is 0 Å². The molecule has 0 bridgehead atoms. The van der Waals surface area contributed by atoms with E-state index in [-0.39, 0.29) is 0 Å². The average molecular weight is 390 g/mol. The highest BCUT2D eigenvalue weighted by atomic mass is 35.5. The molecule has 2 heterocycles. The first-order valence-electron chi connectivity index (χ1n) is 8.68. The van der Waals surface area contributed by atoms with Crippen LogP contribution in [-0.4, -0.2) is 29.2 Å². The second-order valence-electron chi connectivity index (χ2n) is 7.45. The first-order chi connectivity index (χ1) is 12.4. The van der Waals surface area contributed by atoms with Crippen molar-refractivity contribution in [3.05, 3.63) is 53.4 Å². The Labute approximate surface area is 159 Å². The summed E-state index contributed by atoms with van der Waals surface area (Å²) in [6.45, 7) is 8.64. The summed E-state index contributed by atoms with van der Waals surface area (Å²) in [6, 6.07) is 12.9. The summed E-state index contributed by atoms with van der Waals surface area (Å²) in [5, 5.41) is 0.366. The van der Waals surface area contributed by atoms with Gasteiger partial charge in [-0.2, -0.15) is 0 Å². The zero-order valence-electron chi connectivity index (χ0n) is 15.4. The van der Waals surface area contributed by atoms with Gasteiger partial charge in [-0.05, 0) is 11.6 Å². The van der Waals surface area contributed by atoms with E-state index in [1.165, 1.54) is 0 Å². The van der Waals surface area contributed by atoms with Crippen molar-refractivity contribution in [1.82, 2.24) is 14.5 Å². The lowest BCUT2D eigenvalue weighted by Gasteiger charge is -2.16. The number of nitrogens with zero attached hydrogens (tertiary/aromatic N) is 3. The molecule has 0 aliphatic rings. The monoisotopic (exact) mass is 389 g/mol. The molecule has 0 N–H and O–H groups in total. The van der Waals surface area contributed by atoms with Crippen LogP contribution in [0.3, 0.4) is 0 Å². The van der Waals surface area contributed by atoms with Gasteiger partial charge in [-0.25, -0.2) is 9.97 Å². The van der Waals surface area contributed by atoms with Gasteiger partial charge in [0.05, 0.1) is 6.33 Å². The van der Waals surface area contributed by atoms with Crippen LogP contribution in [0.25, 0.3) is 11.2 Å². The third kappa shape index (κ3) is 5.06. The van der Waals surface area contributed by atoms with Crippen LogP contribution in [0.5, 0.6) is 5.75 Å². The van der Waals surface area contributed by atoms with Crippen LogP contribution in [0.15, 0.2) is 42.7 Å². The van der Waals surface area contributed by atoms with Crippen LogP contribution in [0.2, 0.25) is 30.8 Å². The van der Waals surface area contributed by atoms with Gasteiger partial charge in [-0.1, -0.05) is 61.6 Å². The highest BCUT2D eigenvalue weighted by Gasteiger charge is 2.15. The van der Waals surface area contributed by atoms with Gasteiger partial charge in [-0.3, -0.25) is 0 Å². The van der Waals surface area contributed by atoms with Gasteiger partial charge in [0.25, 0.3) is 0 Å². The zero-order chi connectivity index (χ0) is 18.6. The maximum absolute atomic E-state index is 6.12. The maximum Gasteiger partial charge on any atom is 0.183 e. The molecule has 26 heavy (non-hydrogen) atoms. The van der Waals surface area contributed by atoms with E-state index in [1.807, 2.05) is 34.9 Å². The summed E-state index contributed by atoms with van der Waals surface area (Å²) in [7, 11) is -1.11. The van der Waals surface area contributed by atoms with Crippen molar-refractivity contribution in [2.45, 2.75) is 39.0 Å². The van der Waals surface area contributed by atoms with E-state index < -0.39 is 8.07 Å². The van der Waals surface area contributed by atoms with Gasteiger partial charge < -0.3 is 14.0 Å². The van der Waals surface area contributed by atoms with Crippen molar-refractivity contribution in [2.75, 3.05) is 6.61 Å². The molecule has 0 fully saturated rings. The molecular weight excluding hydrogens is 366 g/mol. The number of ether oxygens (including phenoxy) is 2. The number of imidazole rings is 1. The Morgan fingerprint density at radius 1 is 1.15 bits per heavy atom. The third-order valence-corrected chi connectivity index (χ3v) is 5.88. The highest BCUT2D eigenvalue weighted by Crippen LogP contribution is 2.28. The quantitative estimate of drug-likeness (QED) is 0.310. The van der Waals surface area contributed by atoms with E-state index in [9.17, 15) is 0 Å². The fourth-order valence-corrected chi connectivity index (χ4v) is 3.44. The minimum atomic E-state index is -1.11. The van der Waals surface area contributed by atoms with Gasteiger partial charge >= 0.3 is 0 Å². The van der Waals surface area contributed by atoms with Crippen LogP contribution >= 0.6 is 11.6 Å². The predicted octanol–water partition coefficient (Wildman–Crippen LogP) is 4.98. The average Bonchev–Trinajstić information content (AvgIpc) is 2.99. The second-order valence-corrected chi connectivity index (χ2v) is 13.5. The molecule has 2 aromatic heterocycles. The number of aromatic nitrogens is 3. The fourth-order valence-electron chi connectivity index (χ4n) is 2.50. The standard InChI is InChI=1S/C19H24ClN3O2Si/c1-26(2,3)10-9-24-14-23-13-21-19-18(23)16(11-17(20)22-19)25-12-15-7-5-4-6-8-15/h4-8,11,13H,9-10,12,14H2,1-3H3. The lowest BCUT2D eigenvalue weighted by molar-refractivity contribution is 0.0895. The van der Waals surface area contributed by atoms with Gasteiger partial charge in [0.1, 0.15) is 24.0 Å². The number of hydrogen-bond donors (Lipinski definition) is 0. The molecule has 0 unspecified atom stereocenters. The summed E-state index contributed by atoms with van der Waals surface area (Å²) in [5.41, 5.74) is 2.46. The van der Waals surface area contributed by atoms with Crippen LogP contribution in [-0.2, 0) is 18.1 Å². The lowest BCUT2D eigenvalue weighted by Crippen LogP contribution is -2.22. The number of pyridine rings is 1. The maximum atomic E-state index is 6.12. The second kappa shape index (κ2) is 8.20. The molecule has 0 atom stereocenters. The smallest absolute Gasteiger partial charge is 0.183 e. The molecule has 0 saturated heterocycles. The normalized spacial score (nSPS) is 11.8. The molecule has 0 radical (unpaired) electrons. The molecule has 0 spiro atoms. The largest absolute Gasteiger partial charge is 0.486 e. The first kappa shape index (κ1) is 18.9. The van der Waals surface area contributed by atoms with E-state index in [0.29, 0.717) is 29.9 Å². The third-order valence-electron chi connectivity index (χ3n) is 3.98. The Hall–Kier alpha value is -1.89. The minimum Gasteiger partial charge on any atom is -0.486 e. The fraction of sp³-hybridized carbons (Fsp3) is 0.368. The van der Waals surface area contributed by atoms with Crippen LogP contribution in [0, 0.1) is 0 Å². The van der Waals surface area contributed by atoms with Crippen LogP contribution < -0.4 is 4.74 Å². The number of benzene rings is 1. The van der Waals surface area contributed by atoms with Gasteiger partial charge in [0.15, 0.2) is 11.4 Å². The van der Waals surface area contributed by atoms with Crippen molar-refractivity contribution < 1.29 is 9.47 Å². The molecule has 0 aliphatic carbocycles. The molecule has 138 valence electrons. The van der Waals surface area contributed by atoms with Gasteiger partial charge in [-0.15, -0.1) is 0 Å². The molecule has 3 rings (SSSR count). The van der Waals surface area contributed by atoms with Crippen molar-refractivity contribution in [2.24, 2.45) is 0 Å². The molecule has 3 aromatic rings. The number of halogens is 1. The minimum absolute atomic E-state index is 0.366. The Morgan fingerprint density at radius 3 is 2.65 bits per heavy atom. The van der Waals surface area contributed by atoms with E-state index >= 15 is 0 Å². The van der Waals surface area contributed by atoms with E-state index in [0.717, 1.165) is 23.7 Å². The van der Waals surface area contributed by atoms with E-state index in [2.05, 4.69) is 29.6 Å². The Balaban J connectivity index is 1.75. The van der Waals surface area contributed by atoms with Crippen molar-refractivity contribution >= 4 is 30.8 Å². The molecule has 0 amide bonds. The Kier molecular flexibility index (Phi) is 5.96. The van der Waals surface area contributed by atoms with Gasteiger partial charge in [0, 0.05) is 20.7 Å². The molecule has 1 aromatic carbocycles. The van der Waals surface area contributed by atoms with Crippen LogP contribution in [0.1, 0.15) is 5.56 Å². The summed E-state index contributed by atoms with van der Waals surface area (Å²) >= 11 is 6.12. The van der Waals surface area contributed by atoms with E-state index in [1.54, 1.807) is 12.4 Å². The first-order valence-corrected chi connectivity index (χ1v) is 12.8. The number of hydrogen-bond acceptors (Lipinski definition) is 4. The summed E-state index contributed by atoms with van der Waals surface area (Å²) in [5.74, 6) is 0.662. The van der Waals surface area contributed by atoms with E-state index in [4.69, 9.17) is 21.1 Å². The van der Waals surface area contributed by atoms with Crippen LogP contribution in [0.4, 0.5) is 0 Å². The topological polar surface area (TPSA) is 49.2 Å². The number of fused-ring (bicyclic) bond motifs is 1. The summed E-state index contributed by atoms with van der Waals surface area (Å²) in [6.07, 6.45) is 1.72. The molecule has 0 saturated carbocycles. The van der Waals surface area contributed by atoms with Crippen molar-refractivity contribution in [1.29, 1.82) is 0 Å².